The van der Waals surface area contributed by atoms with E-state index < -0.39 is 12.4 Å². The Labute approximate surface area is 274 Å². The van der Waals surface area contributed by atoms with E-state index in [2.05, 4.69) is 75.9 Å². The maximum Gasteiger partial charge on any atom is 0.573 e. The molecule has 1 aliphatic heterocycles. The summed E-state index contributed by atoms with van der Waals surface area (Å²) >= 11 is 1.53. The fourth-order valence-electron chi connectivity index (χ4n) is 5.31. The Morgan fingerprint density at radius 1 is 1.15 bits per heavy atom. The minimum Gasteiger partial charge on any atom is -0.406 e. The second-order valence-corrected chi connectivity index (χ2v) is 12.2. The van der Waals surface area contributed by atoms with Gasteiger partial charge in [-0.1, -0.05) is 62.0 Å². The molecule has 4 aromatic rings. The number of hydrogen-bond acceptors (Lipinski definition) is 6. The standard InChI is InChI=1S/C34H32F3N7O2S/c1-21(2)30-22(3)6-5-7-29(30)44-23(4)16-17-47-33(44)41-32(45)39-19-26(18-38)24-8-10-25(11-9-24)31-40-20-43(42-31)27-12-14-28(15-13-27)46-34(35,36)37/h5-15,19-21,23H,16-17H2,1-4H3,(H,39,45)/b26-19+,41-33?. The number of aryl methyl sites for hydroxylation is 1. The van der Waals surface area contributed by atoms with E-state index in [0.717, 1.165) is 17.9 Å². The van der Waals surface area contributed by atoms with Crippen molar-refractivity contribution in [3.63, 3.8) is 0 Å². The molecule has 1 aromatic heterocycles. The highest BCUT2D eigenvalue weighted by atomic mass is 32.2. The molecule has 0 bridgehead atoms. The number of thioether (sulfide) groups is 1. The molecule has 2 heterocycles. The third-order valence-electron chi connectivity index (χ3n) is 7.49. The van der Waals surface area contributed by atoms with Crippen LogP contribution in [0.4, 0.5) is 23.7 Å². The number of urea groups is 1. The normalized spacial score (nSPS) is 16.3. The second kappa shape index (κ2) is 14.1. The third-order valence-corrected chi connectivity index (χ3v) is 8.48. The first-order valence-corrected chi connectivity index (χ1v) is 15.8. The summed E-state index contributed by atoms with van der Waals surface area (Å²) in [6, 6.07) is 20.0. The number of amidine groups is 1. The zero-order chi connectivity index (χ0) is 33.7. The minimum absolute atomic E-state index is 0.158. The van der Waals surface area contributed by atoms with Crippen LogP contribution in [0.2, 0.25) is 0 Å². The summed E-state index contributed by atoms with van der Waals surface area (Å²) in [5.41, 5.74) is 5.40. The number of nitriles is 1. The number of nitrogens with one attached hydrogen (secondary N) is 1. The lowest BCUT2D eigenvalue weighted by atomic mass is 9.95. The first-order chi connectivity index (χ1) is 22.4. The van der Waals surface area contributed by atoms with E-state index >= 15 is 0 Å². The number of alkyl halides is 3. The molecule has 3 aromatic carbocycles. The van der Waals surface area contributed by atoms with Crippen LogP contribution in [0.5, 0.6) is 5.75 Å². The average molecular weight is 660 g/mol. The van der Waals surface area contributed by atoms with Gasteiger partial charge in [-0.25, -0.2) is 14.5 Å². The molecule has 13 heteroatoms. The van der Waals surface area contributed by atoms with Gasteiger partial charge in [0.05, 0.1) is 11.3 Å². The summed E-state index contributed by atoms with van der Waals surface area (Å²) in [7, 11) is 0. The summed E-state index contributed by atoms with van der Waals surface area (Å²) in [6.07, 6.45) is -1.04. The summed E-state index contributed by atoms with van der Waals surface area (Å²) in [6.45, 7) is 8.54. The van der Waals surface area contributed by atoms with Crippen molar-refractivity contribution in [3.05, 3.63) is 95.9 Å². The quantitative estimate of drug-likeness (QED) is 0.199. The van der Waals surface area contributed by atoms with E-state index in [0.29, 0.717) is 33.7 Å². The maximum absolute atomic E-state index is 13.0. The van der Waals surface area contributed by atoms with Gasteiger partial charge in [0.25, 0.3) is 0 Å². The van der Waals surface area contributed by atoms with Crippen molar-refractivity contribution in [1.82, 2.24) is 20.1 Å². The molecule has 242 valence electrons. The van der Waals surface area contributed by atoms with Gasteiger partial charge in [0.1, 0.15) is 18.1 Å². The van der Waals surface area contributed by atoms with Gasteiger partial charge in [-0.3, -0.25) is 0 Å². The maximum atomic E-state index is 13.0. The minimum atomic E-state index is -4.77. The highest BCUT2D eigenvalue weighted by molar-refractivity contribution is 8.14. The van der Waals surface area contributed by atoms with Crippen LogP contribution in [-0.2, 0) is 0 Å². The van der Waals surface area contributed by atoms with Crippen molar-refractivity contribution >= 4 is 34.2 Å². The predicted molar refractivity (Wildman–Crippen MR) is 177 cm³/mol. The highest BCUT2D eigenvalue weighted by Crippen LogP contribution is 2.36. The van der Waals surface area contributed by atoms with Crippen molar-refractivity contribution in [2.24, 2.45) is 4.99 Å². The number of hydrogen-bond donors (Lipinski definition) is 1. The molecule has 0 saturated carbocycles. The number of halogens is 3. The molecule has 0 spiro atoms. The number of benzene rings is 3. The van der Waals surface area contributed by atoms with Crippen molar-refractivity contribution < 1.29 is 22.7 Å². The number of carbonyl (C=O) groups is 1. The Bertz CT molecular complexity index is 1840. The Balaban J connectivity index is 1.29. The number of aromatic nitrogens is 3. The molecule has 1 saturated heterocycles. The molecule has 0 radical (unpaired) electrons. The number of anilines is 1. The highest BCUT2D eigenvalue weighted by Gasteiger charge is 2.31. The molecule has 47 heavy (non-hydrogen) atoms. The van der Waals surface area contributed by atoms with E-state index in [9.17, 15) is 23.2 Å². The van der Waals surface area contributed by atoms with Gasteiger partial charge in [-0.15, -0.1) is 18.3 Å². The summed E-state index contributed by atoms with van der Waals surface area (Å²) < 4.78 is 42.7. The van der Waals surface area contributed by atoms with Crippen LogP contribution >= 0.6 is 11.8 Å². The fraction of sp³-hybridized carbons (Fsp3) is 0.265. The molecule has 1 aliphatic rings. The molecule has 0 aliphatic carbocycles. The van der Waals surface area contributed by atoms with Crippen LogP contribution in [0, 0.1) is 18.3 Å². The fourth-order valence-corrected chi connectivity index (χ4v) is 6.52. The smallest absolute Gasteiger partial charge is 0.406 e. The monoisotopic (exact) mass is 659 g/mol. The number of amides is 2. The Morgan fingerprint density at radius 3 is 2.53 bits per heavy atom. The summed E-state index contributed by atoms with van der Waals surface area (Å²) in [5, 5.41) is 17.5. The molecular formula is C34H32F3N7O2S. The van der Waals surface area contributed by atoms with E-state index in [-0.39, 0.29) is 17.4 Å². The first-order valence-electron chi connectivity index (χ1n) is 14.8. The Hall–Kier alpha value is -5.09. The lowest BCUT2D eigenvalue weighted by Crippen LogP contribution is -2.42. The topological polar surface area (TPSA) is 108 Å². The van der Waals surface area contributed by atoms with E-state index in [4.69, 9.17) is 0 Å². The van der Waals surface area contributed by atoms with Gasteiger partial charge in [-0.05, 0) is 73.2 Å². The summed E-state index contributed by atoms with van der Waals surface area (Å²) in [5.74, 6) is 1.17. The van der Waals surface area contributed by atoms with Crippen LogP contribution in [0.25, 0.3) is 22.6 Å². The third kappa shape index (κ3) is 8.01. The summed E-state index contributed by atoms with van der Waals surface area (Å²) in [4.78, 5) is 23.8. The van der Waals surface area contributed by atoms with Crippen LogP contribution < -0.4 is 15.0 Å². The average Bonchev–Trinajstić information content (AvgIpc) is 3.52. The molecule has 1 unspecified atom stereocenters. The number of aliphatic imine (C=N–C) groups is 1. The molecule has 5 rings (SSSR count). The van der Waals surface area contributed by atoms with E-state index in [1.54, 1.807) is 24.3 Å². The molecule has 1 N–H and O–H groups in total. The number of allylic oxidation sites excluding steroid dienone is 1. The number of rotatable bonds is 7. The van der Waals surface area contributed by atoms with Crippen molar-refractivity contribution in [3.8, 4) is 28.9 Å². The largest absolute Gasteiger partial charge is 0.573 e. The number of ether oxygens (including phenoxy) is 1. The van der Waals surface area contributed by atoms with Crippen LogP contribution in [0.15, 0.2) is 84.2 Å². The number of nitrogens with zero attached hydrogens (tertiary/aromatic N) is 6. The number of carbonyl (C=O) groups excluding carboxylic acids is 1. The molecule has 2 amide bonds. The van der Waals surface area contributed by atoms with Crippen LogP contribution in [0.3, 0.4) is 0 Å². The molecular weight excluding hydrogens is 627 g/mol. The van der Waals surface area contributed by atoms with E-state index in [1.165, 1.54) is 64.4 Å². The van der Waals surface area contributed by atoms with Crippen LogP contribution in [-0.4, -0.2) is 44.1 Å². The predicted octanol–water partition coefficient (Wildman–Crippen LogP) is 8.23. The zero-order valence-corrected chi connectivity index (χ0v) is 26.9. The van der Waals surface area contributed by atoms with E-state index in [1.807, 2.05) is 6.07 Å². The lowest BCUT2D eigenvalue weighted by molar-refractivity contribution is -0.274. The van der Waals surface area contributed by atoms with Gasteiger partial charge < -0.3 is 15.0 Å². The van der Waals surface area contributed by atoms with Gasteiger partial charge in [0.2, 0.25) is 0 Å². The van der Waals surface area contributed by atoms with Gasteiger partial charge >= 0.3 is 12.4 Å². The van der Waals surface area contributed by atoms with Crippen LogP contribution in [0.1, 0.15) is 49.8 Å². The lowest BCUT2D eigenvalue weighted by Gasteiger charge is -2.37. The second-order valence-electron chi connectivity index (χ2n) is 11.2. The van der Waals surface area contributed by atoms with Crippen molar-refractivity contribution in [2.45, 2.75) is 52.4 Å². The molecule has 1 fully saturated rings. The molecule has 9 nitrogen and oxygen atoms in total. The van der Waals surface area contributed by atoms with Crippen molar-refractivity contribution in [1.29, 1.82) is 5.26 Å². The Kier molecular flexibility index (Phi) is 10.0. The zero-order valence-electron chi connectivity index (χ0n) is 26.1. The SMILES string of the molecule is Cc1cccc(N2C(=NC(=O)N/C=C(\C#N)c3ccc(-c4ncn(-c5ccc(OC(F)(F)F)cc5)n4)cc3)SCCC2C)c1C(C)C. The van der Waals surface area contributed by atoms with Gasteiger partial charge in [0, 0.05) is 29.2 Å². The van der Waals surface area contributed by atoms with Gasteiger partial charge in [-0.2, -0.15) is 10.3 Å². The Morgan fingerprint density at radius 2 is 1.87 bits per heavy atom. The van der Waals surface area contributed by atoms with Gasteiger partial charge in [0.15, 0.2) is 11.0 Å². The first kappa shape index (κ1) is 33.3. The van der Waals surface area contributed by atoms with Crippen molar-refractivity contribution in [2.75, 3.05) is 10.7 Å². The molecule has 1 atom stereocenters.